The first-order valence-corrected chi connectivity index (χ1v) is 5.94. The van der Waals surface area contributed by atoms with Crippen LogP contribution in [0.1, 0.15) is 12.8 Å². The van der Waals surface area contributed by atoms with E-state index in [0.717, 1.165) is 25.0 Å². The van der Waals surface area contributed by atoms with Gasteiger partial charge in [-0.15, -0.1) is 0 Å². The predicted octanol–water partition coefficient (Wildman–Crippen LogP) is 2.60. The first-order valence-electron chi connectivity index (χ1n) is 5.94. The van der Waals surface area contributed by atoms with Gasteiger partial charge in [0.1, 0.15) is 0 Å². The van der Waals surface area contributed by atoms with Gasteiger partial charge in [-0.2, -0.15) is 8.78 Å². The third-order valence-electron chi connectivity index (χ3n) is 2.90. The molecule has 1 fully saturated rings. The van der Waals surface area contributed by atoms with Crippen molar-refractivity contribution in [2.45, 2.75) is 25.5 Å². The van der Waals surface area contributed by atoms with Crippen LogP contribution in [0.2, 0.25) is 0 Å². The number of ether oxygens (including phenoxy) is 2. The third kappa shape index (κ3) is 3.66. The van der Waals surface area contributed by atoms with Crippen molar-refractivity contribution >= 4 is 11.4 Å². The minimum absolute atomic E-state index is 0.126. The molecule has 0 amide bonds. The zero-order valence-corrected chi connectivity index (χ0v) is 10.2. The summed E-state index contributed by atoms with van der Waals surface area (Å²) in [7, 11) is 0. The van der Waals surface area contributed by atoms with E-state index in [0.29, 0.717) is 18.9 Å². The van der Waals surface area contributed by atoms with E-state index in [1.807, 2.05) is 0 Å². The van der Waals surface area contributed by atoms with Crippen LogP contribution >= 0.6 is 0 Å². The second-order valence-electron chi connectivity index (χ2n) is 4.28. The van der Waals surface area contributed by atoms with E-state index in [4.69, 9.17) is 10.5 Å². The number of halogens is 3. The average molecular weight is 276 g/mol. The van der Waals surface area contributed by atoms with Gasteiger partial charge in [0.15, 0.2) is 11.6 Å². The van der Waals surface area contributed by atoms with Crippen LogP contribution < -0.4 is 15.8 Å². The largest absolute Gasteiger partial charge is 0.432 e. The van der Waals surface area contributed by atoms with Crippen molar-refractivity contribution in [3.63, 3.8) is 0 Å². The minimum atomic E-state index is -3.07. The van der Waals surface area contributed by atoms with Gasteiger partial charge in [-0.05, 0) is 12.8 Å². The van der Waals surface area contributed by atoms with Crippen molar-refractivity contribution in [1.82, 2.24) is 0 Å². The molecule has 0 atom stereocenters. The Kier molecular flexibility index (Phi) is 4.36. The van der Waals surface area contributed by atoms with Gasteiger partial charge in [0.05, 0.1) is 11.4 Å². The second kappa shape index (κ2) is 6.01. The summed E-state index contributed by atoms with van der Waals surface area (Å²) in [6.07, 6.45) is 1.56. The van der Waals surface area contributed by atoms with E-state index in [1.165, 1.54) is 0 Å². The Morgan fingerprint density at radius 1 is 1.32 bits per heavy atom. The van der Waals surface area contributed by atoms with Crippen molar-refractivity contribution in [3.8, 4) is 5.75 Å². The summed E-state index contributed by atoms with van der Waals surface area (Å²) in [5, 5.41) is 3.09. The highest BCUT2D eigenvalue weighted by atomic mass is 19.3. The van der Waals surface area contributed by atoms with Crippen LogP contribution in [-0.2, 0) is 4.74 Å². The molecule has 0 aromatic heterocycles. The fourth-order valence-electron chi connectivity index (χ4n) is 1.94. The lowest BCUT2D eigenvalue weighted by atomic mass is 10.1. The third-order valence-corrected chi connectivity index (χ3v) is 2.90. The summed E-state index contributed by atoms with van der Waals surface area (Å²) in [4.78, 5) is 0. The number of rotatable bonds is 4. The molecule has 19 heavy (non-hydrogen) atoms. The number of anilines is 2. The number of alkyl halides is 2. The van der Waals surface area contributed by atoms with Crippen LogP contribution in [0.15, 0.2) is 12.1 Å². The normalized spacial score (nSPS) is 16.6. The van der Waals surface area contributed by atoms with Gasteiger partial charge >= 0.3 is 6.61 Å². The number of hydrogen-bond donors (Lipinski definition) is 2. The second-order valence-corrected chi connectivity index (χ2v) is 4.28. The van der Waals surface area contributed by atoms with Gasteiger partial charge in [-0.3, -0.25) is 0 Å². The van der Waals surface area contributed by atoms with E-state index in [1.54, 1.807) is 0 Å². The molecule has 0 radical (unpaired) electrons. The fourth-order valence-corrected chi connectivity index (χ4v) is 1.94. The molecular weight excluding hydrogens is 261 g/mol. The Morgan fingerprint density at radius 3 is 2.63 bits per heavy atom. The van der Waals surface area contributed by atoms with E-state index in [2.05, 4.69) is 10.1 Å². The van der Waals surface area contributed by atoms with Gasteiger partial charge in [0, 0.05) is 31.4 Å². The molecule has 7 heteroatoms. The lowest BCUT2D eigenvalue weighted by molar-refractivity contribution is -0.0521. The molecule has 1 aliphatic rings. The summed E-state index contributed by atoms with van der Waals surface area (Å²) in [5.41, 5.74) is 6.21. The molecule has 0 bridgehead atoms. The fraction of sp³-hybridized carbons (Fsp3) is 0.500. The highest BCUT2D eigenvalue weighted by Gasteiger charge is 2.17. The maximum Gasteiger partial charge on any atom is 0.387 e. The zero-order valence-electron chi connectivity index (χ0n) is 10.2. The minimum Gasteiger partial charge on any atom is -0.432 e. The summed E-state index contributed by atoms with van der Waals surface area (Å²) >= 11 is 0. The molecule has 4 nitrogen and oxygen atoms in total. The van der Waals surface area contributed by atoms with Crippen LogP contribution in [-0.4, -0.2) is 25.9 Å². The lowest BCUT2D eigenvalue weighted by Gasteiger charge is -2.25. The number of nitrogens with two attached hydrogens (primary N) is 1. The molecule has 0 spiro atoms. The van der Waals surface area contributed by atoms with Crippen molar-refractivity contribution in [2.24, 2.45) is 0 Å². The topological polar surface area (TPSA) is 56.5 Å². The molecule has 0 unspecified atom stereocenters. The molecule has 106 valence electrons. The van der Waals surface area contributed by atoms with Crippen LogP contribution in [0.3, 0.4) is 0 Å². The Hall–Kier alpha value is -1.63. The van der Waals surface area contributed by atoms with Crippen molar-refractivity contribution in [1.29, 1.82) is 0 Å². The van der Waals surface area contributed by atoms with Gasteiger partial charge in [-0.25, -0.2) is 4.39 Å². The van der Waals surface area contributed by atoms with E-state index in [9.17, 15) is 13.2 Å². The van der Waals surface area contributed by atoms with Gasteiger partial charge in [0.25, 0.3) is 0 Å². The summed E-state index contributed by atoms with van der Waals surface area (Å²) in [5.74, 6) is -1.42. The highest BCUT2D eigenvalue weighted by molar-refractivity contribution is 5.69. The lowest BCUT2D eigenvalue weighted by Crippen LogP contribution is -2.28. The maximum atomic E-state index is 13.4. The molecule has 1 aliphatic heterocycles. The van der Waals surface area contributed by atoms with Gasteiger partial charge < -0.3 is 20.5 Å². The number of benzene rings is 1. The van der Waals surface area contributed by atoms with Crippen LogP contribution in [0, 0.1) is 5.82 Å². The van der Waals surface area contributed by atoms with E-state index >= 15 is 0 Å². The van der Waals surface area contributed by atoms with Gasteiger partial charge in [-0.1, -0.05) is 0 Å². The molecule has 0 aliphatic carbocycles. The Morgan fingerprint density at radius 2 is 2.00 bits per heavy atom. The first-order chi connectivity index (χ1) is 9.06. The van der Waals surface area contributed by atoms with Crippen molar-refractivity contribution in [2.75, 3.05) is 24.3 Å². The summed E-state index contributed by atoms with van der Waals surface area (Å²) in [6, 6.07) is 2.26. The quantitative estimate of drug-likeness (QED) is 0.830. The summed E-state index contributed by atoms with van der Waals surface area (Å²) in [6.45, 7) is -1.83. The van der Waals surface area contributed by atoms with Crippen LogP contribution in [0.5, 0.6) is 5.75 Å². The Bertz CT molecular complexity index is 437. The monoisotopic (exact) mass is 276 g/mol. The molecule has 0 saturated carbocycles. The molecule has 3 N–H and O–H groups in total. The standard InChI is InChI=1S/C12H15F3N2O2/c13-8-5-9(16)10(6-11(8)19-12(14)15)17-7-1-3-18-4-2-7/h5-7,12,17H,1-4,16H2. The Balaban J connectivity index is 2.14. The van der Waals surface area contributed by atoms with Crippen molar-refractivity contribution in [3.05, 3.63) is 17.9 Å². The zero-order chi connectivity index (χ0) is 13.8. The van der Waals surface area contributed by atoms with Crippen molar-refractivity contribution < 1.29 is 22.6 Å². The molecule has 1 saturated heterocycles. The van der Waals surface area contributed by atoms with E-state index < -0.39 is 18.2 Å². The number of nitrogen functional groups attached to an aromatic ring is 1. The SMILES string of the molecule is Nc1cc(F)c(OC(F)F)cc1NC1CCOCC1. The smallest absolute Gasteiger partial charge is 0.387 e. The first kappa shape index (κ1) is 13.8. The Labute approximate surface area is 108 Å². The molecule has 2 rings (SSSR count). The number of hydrogen-bond acceptors (Lipinski definition) is 4. The molecule has 1 aromatic carbocycles. The highest BCUT2D eigenvalue weighted by Crippen LogP contribution is 2.30. The molecule has 1 heterocycles. The predicted molar refractivity (Wildman–Crippen MR) is 64.9 cm³/mol. The molecular formula is C12H15F3N2O2. The van der Waals surface area contributed by atoms with E-state index in [-0.39, 0.29) is 11.7 Å². The van der Waals surface area contributed by atoms with Crippen LogP contribution in [0.4, 0.5) is 24.5 Å². The summed E-state index contributed by atoms with van der Waals surface area (Å²) < 4.78 is 47.0. The maximum absolute atomic E-state index is 13.4. The van der Waals surface area contributed by atoms with Crippen LogP contribution in [0.25, 0.3) is 0 Å². The average Bonchev–Trinajstić information content (AvgIpc) is 2.36. The van der Waals surface area contributed by atoms with Gasteiger partial charge in [0.2, 0.25) is 0 Å². The molecule has 1 aromatic rings. The number of nitrogens with one attached hydrogen (secondary N) is 1.